The number of rotatable bonds is 10. The molecule has 3 rings (SSSR count). The van der Waals surface area contributed by atoms with Crippen LogP contribution < -0.4 is 15.4 Å². The summed E-state index contributed by atoms with van der Waals surface area (Å²) in [6.07, 6.45) is -0.451. The molecule has 0 unspecified atom stereocenters. The summed E-state index contributed by atoms with van der Waals surface area (Å²) < 4.78 is 16.7. The van der Waals surface area contributed by atoms with Crippen molar-refractivity contribution in [2.24, 2.45) is 5.92 Å². The molecule has 1 aliphatic heterocycles. The lowest BCUT2D eigenvalue weighted by Gasteiger charge is -2.26. The van der Waals surface area contributed by atoms with Crippen LogP contribution in [0.15, 0.2) is 54.6 Å². The molecule has 2 N–H and O–H groups in total. The van der Waals surface area contributed by atoms with Crippen molar-refractivity contribution in [1.82, 2.24) is 10.6 Å². The normalized spacial score (nSPS) is 13.6. The number of nitrogens with one attached hydrogen (secondary N) is 2. The van der Waals surface area contributed by atoms with Crippen molar-refractivity contribution < 1.29 is 19.0 Å². The first kappa shape index (κ1) is 19.2. The number of alkyl carbamates (subject to hydrolysis) is 1. The van der Waals surface area contributed by atoms with E-state index >= 15 is 0 Å². The van der Waals surface area contributed by atoms with Gasteiger partial charge < -0.3 is 24.8 Å². The molecular formula is C21H26N2O4. The van der Waals surface area contributed by atoms with E-state index in [1.54, 1.807) is 0 Å². The van der Waals surface area contributed by atoms with E-state index in [4.69, 9.17) is 14.2 Å². The summed E-state index contributed by atoms with van der Waals surface area (Å²) in [5.41, 5.74) is 1.96. The summed E-state index contributed by atoms with van der Waals surface area (Å²) in [6, 6.07) is 17.4. The highest BCUT2D eigenvalue weighted by Crippen LogP contribution is 2.19. The molecule has 0 radical (unpaired) electrons. The third kappa shape index (κ3) is 6.58. The van der Waals surface area contributed by atoms with Crippen LogP contribution in [0.4, 0.5) is 4.79 Å². The highest BCUT2D eigenvalue weighted by Gasteiger charge is 2.16. The second kappa shape index (κ2) is 10.5. The molecule has 0 atom stereocenters. The highest BCUT2D eigenvalue weighted by molar-refractivity contribution is 5.67. The number of benzene rings is 2. The molecule has 1 aliphatic rings. The molecule has 27 heavy (non-hydrogen) atoms. The molecule has 1 fully saturated rings. The first-order valence-electron chi connectivity index (χ1n) is 9.25. The molecule has 6 heteroatoms. The third-order valence-electron chi connectivity index (χ3n) is 4.29. The Bertz CT molecular complexity index is 704. The number of carbonyl (C=O) groups excluding carboxylic acids is 1. The van der Waals surface area contributed by atoms with Gasteiger partial charge in [0.2, 0.25) is 0 Å². The summed E-state index contributed by atoms with van der Waals surface area (Å²) in [5, 5.41) is 5.93. The largest absolute Gasteiger partial charge is 0.491 e. The quantitative estimate of drug-likeness (QED) is 0.630. The van der Waals surface area contributed by atoms with E-state index in [0.717, 1.165) is 36.6 Å². The minimum Gasteiger partial charge on any atom is -0.491 e. The first-order valence-corrected chi connectivity index (χ1v) is 9.25. The first-order chi connectivity index (χ1) is 13.3. The maximum atomic E-state index is 11.7. The van der Waals surface area contributed by atoms with Crippen LogP contribution in [0.25, 0.3) is 0 Å². The van der Waals surface area contributed by atoms with E-state index in [2.05, 4.69) is 10.6 Å². The zero-order valence-electron chi connectivity index (χ0n) is 15.4. The van der Waals surface area contributed by atoms with E-state index < -0.39 is 6.09 Å². The van der Waals surface area contributed by atoms with Gasteiger partial charge in [0.1, 0.15) is 19.0 Å². The zero-order valence-corrected chi connectivity index (χ0v) is 15.4. The molecule has 0 aromatic heterocycles. The molecule has 0 aliphatic carbocycles. The fourth-order valence-corrected chi connectivity index (χ4v) is 2.65. The van der Waals surface area contributed by atoms with Gasteiger partial charge in [0.05, 0.1) is 19.8 Å². The molecule has 2 aromatic rings. The molecule has 2 aromatic carbocycles. The average molecular weight is 370 g/mol. The molecule has 1 amide bonds. The maximum absolute atomic E-state index is 11.7. The fraction of sp³-hybridized carbons (Fsp3) is 0.381. The van der Waals surface area contributed by atoms with Gasteiger partial charge in [-0.05, 0) is 11.6 Å². The van der Waals surface area contributed by atoms with Crippen molar-refractivity contribution in [3.8, 4) is 5.75 Å². The van der Waals surface area contributed by atoms with Crippen LogP contribution in [-0.4, -0.2) is 38.9 Å². The standard InChI is InChI=1S/C21H26N2O4/c24-21(27-15-17-6-2-1-3-7-17)23-10-11-26-20-9-5-4-8-19(20)16-25-14-18-12-22-13-18/h1-9,18,22H,10-16H2,(H,23,24). The van der Waals surface area contributed by atoms with E-state index in [1.807, 2.05) is 54.6 Å². The second-order valence-electron chi connectivity index (χ2n) is 6.48. The Labute approximate surface area is 159 Å². The van der Waals surface area contributed by atoms with Gasteiger partial charge in [0.15, 0.2) is 0 Å². The molecule has 0 saturated carbocycles. The van der Waals surface area contributed by atoms with Gasteiger partial charge in [-0.3, -0.25) is 0 Å². The molecule has 0 spiro atoms. The van der Waals surface area contributed by atoms with Crippen LogP contribution in [0.5, 0.6) is 5.75 Å². The van der Waals surface area contributed by atoms with Crippen LogP contribution in [0.2, 0.25) is 0 Å². The number of amides is 1. The highest BCUT2D eigenvalue weighted by atomic mass is 16.5. The molecular weight excluding hydrogens is 344 g/mol. The van der Waals surface area contributed by atoms with Gasteiger partial charge in [-0.25, -0.2) is 4.79 Å². The van der Waals surface area contributed by atoms with Crippen molar-refractivity contribution in [2.45, 2.75) is 13.2 Å². The van der Waals surface area contributed by atoms with Gasteiger partial charge in [-0.15, -0.1) is 0 Å². The van der Waals surface area contributed by atoms with Crippen molar-refractivity contribution in [3.05, 3.63) is 65.7 Å². The second-order valence-corrected chi connectivity index (χ2v) is 6.48. The van der Waals surface area contributed by atoms with Crippen molar-refractivity contribution in [1.29, 1.82) is 0 Å². The molecule has 1 saturated heterocycles. The fourth-order valence-electron chi connectivity index (χ4n) is 2.65. The Balaban J connectivity index is 1.32. The summed E-state index contributed by atoms with van der Waals surface area (Å²) in [7, 11) is 0. The van der Waals surface area contributed by atoms with Gasteiger partial charge in [-0.1, -0.05) is 48.5 Å². The Kier molecular flexibility index (Phi) is 7.50. The predicted molar refractivity (Wildman–Crippen MR) is 103 cm³/mol. The number of hydrogen-bond donors (Lipinski definition) is 2. The predicted octanol–water partition coefficient (Wildman–Crippen LogP) is 2.73. The number of para-hydroxylation sites is 1. The van der Waals surface area contributed by atoms with Crippen molar-refractivity contribution >= 4 is 6.09 Å². The SMILES string of the molecule is O=C(NCCOc1ccccc1COCC1CNC1)OCc1ccccc1. The summed E-state index contributed by atoms with van der Waals surface area (Å²) in [4.78, 5) is 11.7. The van der Waals surface area contributed by atoms with Crippen molar-refractivity contribution in [2.75, 3.05) is 32.8 Å². The van der Waals surface area contributed by atoms with Crippen LogP contribution in [-0.2, 0) is 22.7 Å². The summed E-state index contributed by atoms with van der Waals surface area (Å²) >= 11 is 0. The van der Waals surface area contributed by atoms with Crippen LogP contribution in [0.3, 0.4) is 0 Å². The number of ether oxygens (including phenoxy) is 3. The van der Waals surface area contributed by atoms with Gasteiger partial charge in [0.25, 0.3) is 0 Å². The van der Waals surface area contributed by atoms with Crippen LogP contribution in [0.1, 0.15) is 11.1 Å². The summed E-state index contributed by atoms with van der Waals surface area (Å²) in [5.74, 6) is 1.40. The minimum atomic E-state index is -0.451. The van der Waals surface area contributed by atoms with Crippen LogP contribution in [0, 0.1) is 5.92 Å². The topological polar surface area (TPSA) is 68.8 Å². The Morgan fingerprint density at radius 3 is 2.59 bits per heavy atom. The van der Waals surface area contributed by atoms with Crippen LogP contribution >= 0.6 is 0 Å². The molecule has 0 bridgehead atoms. The Morgan fingerprint density at radius 1 is 1.04 bits per heavy atom. The van der Waals surface area contributed by atoms with Gasteiger partial charge >= 0.3 is 6.09 Å². The van der Waals surface area contributed by atoms with Crippen molar-refractivity contribution in [3.63, 3.8) is 0 Å². The van der Waals surface area contributed by atoms with E-state index in [9.17, 15) is 4.79 Å². The van der Waals surface area contributed by atoms with E-state index in [0.29, 0.717) is 25.7 Å². The smallest absolute Gasteiger partial charge is 0.407 e. The lowest BCUT2D eigenvalue weighted by molar-refractivity contribution is 0.0674. The minimum absolute atomic E-state index is 0.254. The maximum Gasteiger partial charge on any atom is 0.407 e. The third-order valence-corrected chi connectivity index (χ3v) is 4.29. The lowest BCUT2D eigenvalue weighted by atomic mass is 10.1. The van der Waals surface area contributed by atoms with E-state index in [-0.39, 0.29) is 6.61 Å². The Hall–Kier alpha value is -2.57. The Morgan fingerprint density at radius 2 is 1.81 bits per heavy atom. The van der Waals surface area contributed by atoms with E-state index in [1.165, 1.54) is 0 Å². The number of hydrogen-bond acceptors (Lipinski definition) is 5. The van der Waals surface area contributed by atoms with Gasteiger partial charge in [0, 0.05) is 24.6 Å². The molecule has 144 valence electrons. The number of carbonyl (C=O) groups is 1. The van der Waals surface area contributed by atoms with Gasteiger partial charge in [-0.2, -0.15) is 0 Å². The zero-order chi connectivity index (χ0) is 18.7. The molecule has 6 nitrogen and oxygen atoms in total. The average Bonchev–Trinajstić information content (AvgIpc) is 2.67. The molecule has 1 heterocycles. The monoisotopic (exact) mass is 370 g/mol. The lowest BCUT2D eigenvalue weighted by Crippen LogP contribution is -2.44. The summed E-state index contributed by atoms with van der Waals surface area (Å²) in [6.45, 7) is 4.34.